The lowest BCUT2D eigenvalue weighted by Gasteiger charge is -2.17. The first kappa shape index (κ1) is 20.8. The minimum absolute atomic E-state index is 0.0761. The smallest absolute Gasteiger partial charge is 0.269 e. The number of carbonyl (C=O) groups is 1. The highest BCUT2D eigenvalue weighted by molar-refractivity contribution is 5.92. The lowest BCUT2D eigenvalue weighted by atomic mass is 9.97. The van der Waals surface area contributed by atoms with Gasteiger partial charge in [-0.3, -0.25) is 9.78 Å². The molecular weight excluding hydrogens is 346 g/mol. The highest BCUT2D eigenvalue weighted by Gasteiger charge is 2.11. The van der Waals surface area contributed by atoms with Gasteiger partial charge >= 0.3 is 0 Å². The van der Waals surface area contributed by atoms with Crippen molar-refractivity contribution in [2.75, 3.05) is 13.1 Å². The zero-order valence-electron chi connectivity index (χ0n) is 17.3. The van der Waals surface area contributed by atoms with E-state index in [1.165, 1.54) is 56.9 Å². The predicted octanol–water partition coefficient (Wildman–Crippen LogP) is 5.24. The lowest BCUT2D eigenvalue weighted by Crippen LogP contribution is -2.26. The van der Waals surface area contributed by atoms with Gasteiger partial charge in [-0.2, -0.15) is 0 Å². The van der Waals surface area contributed by atoms with Gasteiger partial charge in [0.25, 0.3) is 5.91 Å². The number of allylic oxidation sites excluding steroid dienone is 2. The van der Waals surface area contributed by atoms with E-state index in [1.807, 2.05) is 18.3 Å². The van der Waals surface area contributed by atoms with E-state index in [-0.39, 0.29) is 11.9 Å². The number of pyridine rings is 1. The summed E-state index contributed by atoms with van der Waals surface area (Å²) in [6.45, 7) is 3.84. The summed E-state index contributed by atoms with van der Waals surface area (Å²) in [5.41, 5.74) is 4.71. The third-order valence-corrected chi connectivity index (χ3v) is 5.92. The second-order valence-corrected chi connectivity index (χ2v) is 8.12. The number of nitrogens with one attached hydrogen (secondary N) is 2. The molecule has 2 aliphatic rings. The summed E-state index contributed by atoms with van der Waals surface area (Å²) in [6.07, 6.45) is 18.8. The van der Waals surface area contributed by atoms with E-state index in [0.717, 1.165) is 24.9 Å². The van der Waals surface area contributed by atoms with Crippen molar-refractivity contribution in [3.8, 4) is 0 Å². The molecule has 1 unspecified atom stereocenters. The zero-order chi connectivity index (χ0) is 19.6. The van der Waals surface area contributed by atoms with Crippen molar-refractivity contribution in [1.82, 2.24) is 15.6 Å². The number of amides is 1. The molecular formula is C24H35N3O. The van der Waals surface area contributed by atoms with Crippen LogP contribution >= 0.6 is 0 Å². The average Bonchev–Trinajstić information content (AvgIpc) is 2.75. The molecule has 1 aromatic heterocycles. The van der Waals surface area contributed by atoms with E-state index in [4.69, 9.17) is 0 Å². The van der Waals surface area contributed by atoms with Gasteiger partial charge in [0.2, 0.25) is 0 Å². The van der Waals surface area contributed by atoms with Crippen LogP contribution in [0.1, 0.15) is 93.2 Å². The van der Waals surface area contributed by atoms with Crippen molar-refractivity contribution < 1.29 is 4.79 Å². The van der Waals surface area contributed by atoms with Crippen molar-refractivity contribution in [2.24, 2.45) is 0 Å². The standard InChI is InChI=1S/C24H35N3O/c1-19(25-16-14-20-8-4-2-5-9-20)22-12-13-23(27-18-22)24(28)26-17-15-21-10-6-3-7-11-21/h8,10,12-13,18-19,25H,2-7,9,11,14-17H2,1H3,(H,26,28). The number of rotatable bonds is 9. The first-order chi connectivity index (χ1) is 13.7. The molecule has 2 aliphatic carbocycles. The Balaban J connectivity index is 1.39. The summed E-state index contributed by atoms with van der Waals surface area (Å²) < 4.78 is 0. The van der Waals surface area contributed by atoms with Gasteiger partial charge in [-0.25, -0.2) is 0 Å². The Morgan fingerprint density at radius 2 is 1.68 bits per heavy atom. The van der Waals surface area contributed by atoms with E-state index >= 15 is 0 Å². The molecule has 1 amide bonds. The van der Waals surface area contributed by atoms with Gasteiger partial charge < -0.3 is 10.6 Å². The molecule has 3 rings (SSSR count). The zero-order valence-corrected chi connectivity index (χ0v) is 17.3. The van der Waals surface area contributed by atoms with Gasteiger partial charge in [-0.1, -0.05) is 29.4 Å². The maximum absolute atomic E-state index is 12.3. The predicted molar refractivity (Wildman–Crippen MR) is 115 cm³/mol. The number of nitrogens with zero attached hydrogens (tertiary/aromatic N) is 1. The number of carbonyl (C=O) groups excluding carboxylic acids is 1. The van der Waals surface area contributed by atoms with E-state index in [9.17, 15) is 4.79 Å². The van der Waals surface area contributed by atoms with Crippen LogP contribution in [-0.4, -0.2) is 24.0 Å². The fourth-order valence-corrected chi connectivity index (χ4v) is 4.05. The number of hydrogen-bond acceptors (Lipinski definition) is 3. The van der Waals surface area contributed by atoms with E-state index < -0.39 is 0 Å². The summed E-state index contributed by atoms with van der Waals surface area (Å²) in [6, 6.07) is 4.10. The monoisotopic (exact) mass is 381 g/mol. The Labute approximate surface area is 169 Å². The molecule has 2 N–H and O–H groups in total. The average molecular weight is 382 g/mol. The third kappa shape index (κ3) is 6.59. The molecule has 0 aliphatic heterocycles. The van der Waals surface area contributed by atoms with Crippen LogP contribution in [-0.2, 0) is 0 Å². The van der Waals surface area contributed by atoms with Crippen LogP contribution in [0.15, 0.2) is 41.6 Å². The largest absolute Gasteiger partial charge is 0.350 e. The van der Waals surface area contributed by atoms with Crippen molar-refractivity contribution in [3.05, 3.63) is 52.9 Å². The molecule has 4 heteroatoms. The maximum atomic E-state index is 12.3. The molecule has 0 saturated heterocycles. The van der Waals surface area contributed by atoms with Gasteiger partial charge in [0.1, 0.15) is 5.69 Å². The highest BCUT2D eigenvalue weighted by atomic mass is 16.1. The quantitative estimate of drug-likeness (QED) is 0.575. The first-order valence-corrected chi connectivity index (χ1v) is 11.1. The van der Waals surface area contributed by atoms with Gasteiger partial charge in [0.05, 0.1) is 0 Å². The molecule has 152 valence electrons. The molecule has 1 atom stereocenters. The van der Waals surface area contributed by atoms with E-state index in [1.54, 1.807) is 5.57 Å². The van der Waals surface area contributed by atoms with Crippen LogP contribution in [0.2, 0.25) is 0 Å². The fourth-order valence-electron chi connectivity index (χ4n) is 4.05. The summed E-state index contributed by atoms with van der Waals surface area (Å²) in [7, 11) is 0. The normalized spacial score (nSPS) is 18.2. The Kier molecular flexibility index (Phi) is 8.28. The van der Waals surface area contributed by atoms with Gasteiger partial charge in [-0.05, 0) is 89.3 Å². The third-order valence-electron chi connectivity index (χ3n) is 5.92. The molecule has 0 aromatic carbocycles. The Hall–Kier alpha value is -1.94. The summed E-state index contributed by atoms with van der Waals surface area (Å²) in [5.74, 6) is -0.0761. The number of hydrogen-bond donors (Lipinski definition) is 2. The van der Waals surface area contributed by atoms with Crippen LogP contribution in [0.4, 0.5) is 0 Å². The van der Waals surface area contributed by atoms with Gasteiger partial charge in [-0.15, -0.1) is 0 Å². The molecule has 1 heterocycles. The van der Waals surface area contributed by atoms with Crippen LogP contribution in [0.3, 0.4) is 0 Å². The second-order valence-electron chi connectivity index (χ2n) is 8.12. The summed E-state index contributed by atoms with van der Waals surface area (Å²) >= 11 is 0. The van der Waals surface area contributed by atoms with Crippen LogP contribution in [0, 0.1) is 0 Å². The second kappa shape index (κ2) is 11.2. The molecule has 0 saturated carbocycles. The minimum Gasteiger partial charge on any atom is -0.350 e. The molecule has 0 radical (unpaired) electrons. The van der Waals surface area contributed by atoms with E-state index in [2.05, 4.69) is 34.7 Å². The van der Waals surface area contributed by atoms with Gasteiger partial charge in [0.15, 0.2) is 0 Å². The van der Waals surface area contributed by atoms with Crippen LogP contribution in [0.25, 0.3) is 0 Å². The van der Waals surface area contributed by atoms with E-state index in [0.29, 0.717) is 12.2 Å². The molecule has 0 spiro atoms. The van der Waals surface area contributed by atoms with Crippen molar-refractivity contribution in [3.63, 3.8) is 0 Å². The minimum atomic E-state index is -0.0761. The molecule has 28 heavy (non-hydrogen) atoms. The fraction of sp³-hybridized carbons (Fsp3) is 0.583. The van der Waals surface area contributed by atoms with Crippen molar-refractivity contribution in [2.45, 2.75) is 77.2 Å². The highest BCUT2D eigenvalue weighted by Crippen LogP contribution is 2.21. The topological polar surface area (TPSA) is 54.0 Å². The lowest BCUT2D eigenvalue weighted by molar-refractivity contribution is 0.0949. The summed E-state index contributed by atoms with van der Waals surface area (Å²) in [4.78, 5) is 16.7. The van der Waals surface area contributed by atoms with Crippen molar-refractivity contribution in [1.29, 1.82) is 0 Å². The molecule has 1 aromatic rings. The molecule has 0 bridgehead atoms. The summed E-state index contributed by atoms with van der Waals surface area (Å²) in [5, 5.41) is 6.58. The van der Waals surface area contributed by atoms with Crippen LogP contribution < -0.4 is 10.6 Å². The number of aromatic nitrogens is 1. The Morgan fingerprint density at radius 3 is 2.25 bits per heavy atom. The van der Waals surface area contributed by atoms with Crippen molar-refractivity contribution >= 4 is 5.91 Å². The van der Waals surface area contributed by atoms with Crippen LogP contribution in [0.5, 0.6) is 0 Å². The Bertz CT molecular complexity index is 690. The molecule has 0 fully saturated rings. The maximum Gasteiger partial charge on any atom is 0.269 e. The first-order valence-electron chi connectivity index (χ1n) is 11.1. The molecule has 4 nitrogen and oxygen atoms in total. The van der Waals surface area contributed by atoms with Gasteiger partial charge in [0, 0.05) is 18.8 Å². The SMILES string of the molecule is CC(NCCC1=CCCCC1)c1ccc(C(=O)NCCC2=CCCCC2)nc1. The Morgan fingerprint density at radius 1 is 1.00 bits per heavy atom.